The predicted octanol–water partition coefficient (Wildman–Crippen LogP) is 0.746. The van der Waals surface area contributed by atoms with Crippen molar-refractivity contribution in [3.63, 3.8) is 0 Å². The summed E-state index contributed by atoms with van der Waals surface area (Å²) in [6.45, 7) is 2.68. The normalized spacial score (nSPS) is 19.8. The van der Waals surface area contributed by atoms with E-state index in [2.05, 4.69) is 9.88 Å². The molecule has 1 fully saturated rings. The van der Waals surface area contributed by atoms with Gasteiger partial charge in [-0.15, -0.1) is 0 Å². The predicted molar refractivity (Wildman–Crippen MR) is 71.4 cm³/mol. The largest absolute Gasteiger partial charge is 0.364 e. The molecule has 1 saturated heterocycles. The van der Waals surface area contributed by atoms with Crippen molar-refractivity contribution in [2.45, 2.75) is 19.3 Å². The molecule has 1 aromatic heterocycles. The van der Waals surface area contributed by atoms with Crippen molar-refractivity contribution >= 4 is 11.7 Å². The van der Waals surface area contributed by atoms with E-state index in [1.165, 1.54) is 6.42 Å². The monoisotopic (exact) mass is 248 g/mol. The van der Waals surface area contributed by atoms with Gasteiger partial charge in [0.15, 0.2) is 0 Å². The summed E-state index contributed by atoms with van der Waals surface area (Å²) in [7, 11) is 0. The van der Waals surface area contributed by atoms with Gasteiger partial charge in [-0.1, -0.05) is 6.07 Å². The first-order chi connectivity index (χ1) is 8.70. The zero-order valence-electron chi connectivity index (χ0n) is 10.5. The maximum absolute atomic E-state index is 11.1. The minimum atomic E-state index is -0.479. The molecule has 1 aliphatic heterocycles. The highest BCUT2D eigenvalue weighted by molar-refractivity contribution is 5.91. The summed E-state index contributed by atoms with van der Waals surface area (Å²) in [6, 6.07) is 5.40. The molecule has 5 nitrogen and oxygen atoms in total. The Morgan fingerprint density at radius 3 is 3.06 bits per heavy atom. The van der Waals surface area contributed by atoms with Gasteiger partial charge in [0.2, 0.25) is 0 Å². The van der Waals surface area contributed by atoms with Crippen LogP contribution in [0, 0.1) is 5.92 Å². The molecule has 1 unspecified atom stereocenters. The fourth-order valence-corrected chi connectivity index (χ4v) is 2.48. The topological polar surface area (TPSA) is 85.2 Å². The number of carbonyl (C=O) groups excluding carboxylic acids is 1. The number of anilines is 1. The van der Waals surface area contributed by atoms with Gasteiger partial charge >= 0.3 is 0 Å². The molecule has 18 heavy (non-hydrogen) atoms. The summed E-state index contributed by atoms with van der Waals surface area (Å²) in [5, 5.41) is 0. The minimum Gasteiger partial charge on any atom is -0.364 e. The van der Waals surface area contributed by atoms with Gasteiger partial charge in [-0.2, -0.15) is 0 Å². The lowest BCUT2D eigenvalue weighted by Crippen LogP contribution is -2.37. The molecule has 0 aromatic carbocycles. The number of nitrogens with zero attached hydrogens (tertiary/aromatic N) is 2. The van der Waals surface area contributed by atoms with Crippen molar-refractivity contribution in [3.8, 4) is 0 Å². The first-order valence-electron chi connectivity index (χ1n) is 6.42. The second-order valence-electron chi connectivity index (χ2n) is 4.78. The van der Waals surface area contributed by atoms with Crippen LogP contribution >= 0.6 is 0 Å². The number of carbonyl (C=O) groups is 1. The molecule has 4 N–H and O–H groups in total. The number of amides is 1. The Kier molecular flexibility index (Phi) is 4.15. The van der Waals surface area contributed by atoms with E-state index in [4.69, 9.17) is 11.5 Å². The van der Waals surface area contributed by atoms with Gasteiger partial charge < -0.3 is 16.4 Å². The number of aromatic nitrogens is 1. The van der Waals surface area contributed by atoms with Gasteiger partial charge in [0.25, 0.3) is 5.91 Å². The highest BCUT2D eigenvalue weighted by Gasteiger charge is 2.20. The van der Waals surface area contributed by atoms with Crippen LogP contribution in [0.3, 0.4) is 0 Å². The molecule has 5 heteroatoms. The number of hydrogen-bond acceptors (Lipinski definition) is 4. The standard InChI is InChI=1S/C13H20N4O/c14-7-6-10-3-2-8-17(9-10)12-5-1-4-11(16-12)13(15)18/h1,4-5,10H,2-3,6-9,14H2,(H2,15,18). The molecule has 0 bridgehead atoms. The average Bonchev–Trinajstić information content (AvgIpc) is 2.39. The summed E-state index contributed by atoms with van der Waals surface area (Å²) in [5.41, 5.74) is 11.2. The van der Waals surface area contributed by atoms with E-state index in [1.807, 2.05) is 12.1 Å². The summed E-state index contributed by atoms with van der Waals surface area (Å²) in [6.07, 6.45) is 3.42. The average molecular weight is 248 g/mol. The Balaban J connectivity index is 2.10. The van der Waals surface area contributed by atoms with Crippen molar-refractivity contribution in [1.29, 1.82) is 0 Å². The lowest BCUT2D eigenvalue weighted by molar-refractivity contribution is 0.0995. The van der Waals surface area contributed by atoms with E-state index in [0.29, 0.717) is 11.6 Å². The highest BCUT2D eigenvalue weighted by Crippen LogP contribution is 2.23. The third-order valence-electron chi connectivity index (χ3n) is 3.40. The van der Waals surface area contributed by atoms with Gasteiger partial charge in [-0.3, -0.25) is 4.79 Å². The lowest BCUT2D eigenvalue weighted by atomic mass is 9.95. The third kappa shape index (κ3) is 2.98. The molecular weight excluding hydrogens is 228 g/mol. The number of rotatable bonds is 4. The number of pyridine rings is 1. The second kappa shape index (κ2) is 5.82. The van der Waals surface area contributed by atoms with E-state index < -0.39 is 5.91 Å². The smallest absolute Gasteiger partial charge is 0.267 e. The SMILES string of the molecule is NCCC1CCCN(c2cccc(C(N)=O)n2)C1. The minimum absolute atomic E-state index is 0.327. The van der Waals surface area contributed by atoms with Crippen LogP contribution < -0.4 is 16.4 Å². The van der Waals surface area contributed by atoms with Crippen LogP contribution in [-0.2, 0) is 0 Å². The Labute approximate surface area is 107 Å². The van der Waals surface area contributed by atoms with Crippen molar-refractivity contribution < 1.29 is 4.79 Å². The quantitative estimate of drug-likeness (QED) is 0.823. The Morgan fingerprint density at radius 1 is 1.50 bits per heavy atom. The summed E-state index contributed by atoms with van der Waals surface area (Å²) in [4.78, 5) is 17.7. The summed E-state index contributed by atoms with van der Waals surface area (Å²) < 4.78 is 0. The van der Waals surface area contributed by atoms with Crippen molar-refractivity contribution in [2.24, 2.45) is 17.4 Å². The first-order valence-corrected chi connectivity index (χ1v) is 6.42. The van der Waals surface area contributed by atoms with Gasteiger partial charge in [0, 0.05) is 13.1 Å². The molecule has 0 radical (unpaired) electrons. The van der Waals surface area contributed by atoms with E-state index >= 15 is 0 Å². The number of hydrogen-bond donors (Lipinski definition) is 2. The second-order valence-corrected chi connectivity index (χ2v) is 4.78. The zero-order chi connectivity index (χ0) is 13.0. The summed E-state index contributed by atoms with van der Waals surface area (Å²) >= 11 is 0. The van der Waals surface area contributed by atoms with E-state index in [0.717, 1.165) is 38.3 Å². The van der Waals surface area contributed by atoms with Crippen LogP contribution in [0.4, 0.5) is 5.82 Å². The molecule has 1 aliphatic rings. The van der Waals surface area contributed by atoms with Crippen LogP contribution in [0.15, 0.2) is 18.2 Å². The molecule has 1 aromatic rings. The molecule has 1 atom stereocenters. The van der Waals surface area contributed by atoms with Gasteiger partial charge in [-0.05, 0) is 43.9 Å². The van der Waals surface area contributed by atoms with Gasteiger partial charge in [-0.25, -0.2) is 4.98 Å². The van der Waals surface area contributed by atoms with Crippen LogP contribution in [0.1, 0.15) is 29.8 Å². The number of piperidine rings is 1. The van der Waals surface area contributed by atoms with Crippen molar-refractivity contribution in [1.82, 2.24) is 4.98 Å². The van der Waals surface area contributed by atoms with Gasteiger partial charge in [0.1, 0.15) is 11.5 Å². The number of nitrogens with two attached hydrogens (primary N) is 2. The molecule has 2 heterocycles. The van der Waals surface area contributed by atoms with Crippen LogP contribution in [-0.4, -0.2) is 30.5 Å². The highest BCUT2D eigenvalue weighted by atomic mass is 16.1. The molecule has 98 valence electrons. The maximum atomic E-state index is 11.1. The lowest BCUT2D eigenvalue weighted by Gasteiger charge is -2.33. The maximum Gasteiger partial charge on any atom is 0.267 e. The molecule has 2 rings (SSSR count). The van der Waals surface area contributed by atoms with E-state index in [9.17, 15) is 4.79 Å². The fraction of sp³-hybridized carbons (Fsp3) is 0.538. The van der Waals surface area contributed by atoms with E-state index in [-0.39, 0.29) is 0 Å². The first kappa shape index (κ1) is 12.8. The zero-order valence-corrected chi connectivity index (χ0v) is 10.5. The summed E-state index contributed by atoms with van der Waals surface area (Å²) in [5.74, 6) is 0.989. The molecular formula is C13H20N4O. The van der Waals surface area contributed by atoms with Crippen LogP contribution in [0.5, 0.6) is 0 Å². The van der Waals surface area contributed by atoms with E-state index in [1.54, 1.807) is 6.07 Å². The molecule has 0 aliphatic carbocycles. The van der Waals surface area contributed by atoms with Crippen molar-refractivity contribution in [3.05, 3.63) is 23.9 Å². The third-order valence-corrected chi connectivity index (χ3v) is 3.40. The Bertz CT molecular complexity index is 419. The molecule has 1 amide bonds. The van der Waals surface area contributed by atoms with Crippen LogP contribution in [0.2, 0.25) is 0 Å². The van der Waals surface area contributed by atoms with Crippen LogP contribution in [0.25, 0.3) is 0 Å². The Morgan fingerprint density at radius 2 is 2.33 bits per heavy atom. The van der Waals surface area contributed by atoms with Crippen molar-refractivity contribution in [2.75, 3.05) is 24.5 Å². The Hall–Kier alpha value is -1.62. The van der Waals surface area contributed by atoms with Gasteiger partial charge in [0.05, 0.1) is 0 Å². The molecule has 0 saturated carbocycles. The fourth-order valence-electron chi connectivity index (χ4n) is 2.48. The molecule has 0 spiro atoms. The number of primary amides is 1.